The number of alkyl halides is 2. The van der Waals surface area contributed by atoms with Gasteiger partial charge in [0, 0.05) is 117 Å². The molecule has 2 aliphatic rings. The summed E-state index contributed by atoms with van der Waals surface area (Å²) in [6, 6.07) is 19.4. The molecule has 376 valence electrons. The third kappa shape index (κ3) is 10.4. The Morgan fingerprint density at radius 2 is 1.10 bits per heavy atom. The van der Waals surface area contributed by atoms with Crippen molar-refractivity contribution in [3.8, 4) is 44.8 Å². The van der Waals surface area contributed by atoms with E-state index in [1.54, 1.807) is 73.4 Å². The van der Waals surface area contributed by atoms with Crippen molar-refractivity contribution >= 4 is 39.5 Å². The molecular formula is C57H60F2N10O4. The molecular weight excluding hydrogens is 927 g/mol. The summed E-state index contributed by atoms with van der Waals surface area (Å²) in [6.07, 6.45) is 7.77. The largest absolute Gasteiger partial charge is 0.444 e. The van der Waals surface area contributed by atoms with E-state index < -0.39 is 30.0 Å². The van der Waals surface area contributed by atoms with Gasteiger partial charge in [-0.3, -0.25) is 28.9 Å². The van der Waals surface area contributed by atoms with Crippen molar-refractivity contribution in [2.45, 2.75) is 79.3 Å². The van der Waals surface area contributed by atoms with Gasteiger partial charge in [0.1, 0.15) is 29.3 Å². The number of carbonyl (C=O) groups excluding carboxylic acids is 3. The van der Waals surface area contributed by atoms with E-state index in [0.717, 1.165) is 83.3 Å². The number of aryl methyl sites for hydroxylation is 6. The van der Waals surface area contributed by atoms with Crippen molar-refractivity contribution < 1.29 is 27.9 Å². The summed E-state index contributed by atoms with van der Waals surface area (Å²) in [6.45, 7) is 14.4. The number of carbonyl (C=O) groups is 3. The minimum atomic E-state index is -1.32. The number of nitrogens with one attached hydrogen (secondary N) is 1. The molecule has 73 heavy (non-hydrogen) atoms. The monoisotopic (exact) mass is 986 g/mol. The van der Waals surface area contributed by atoms with Crippen LogP contribution in [0.25, 0.3) is 66.6 Å². The summed E-state index contributed by atoms with van der Waals surface area (Å²) in [5.41, 5.74) is 13.4. The van der Waals surface area contributed by atoms with E-state index in [2.05, 4.69) is 46.3 Å². The predicted molar refractivity (Wildman–Crippen MR) is 279 cm³/mol. The molecule has 0 spiro atoms. The zero-order chi connectivity index (χ0) is 51.9. The molecule has 2 aromatic carbocycles. The number of fused-ring (bicyclic) bond motifs is 2. The number of pyridine rings is 4. The van der Waals surface area contributed by atoms with Gasteiger partial charge in [-0.25, -0.2) is 23.5 Å². The third-order valence-electron chi connectivity index (χ3n) is 14.0. The quantitative estimate of drug-likeness (QED) is 0.130. The number of Topliss-reactive ketones (excluding diaryl/α,β-unsaturated/α-hetero) is 2. The summed E-state index contributed by atoms with van der Waals surface area (Å²) in [4.78, 5) is 58.4. The van der Waals surface area contributed by atoms with E-state index in [4.69, 9.17) is 14.7 Å². The number of ether oxygens (including phenoxy) is 1. The number of aromatic nitrogens is 8. The van der Waals surface area contributed by atoms with Gasteiger partial charge in [-0.05, 0) is 154 Å². The van der Waals surface area contributed by atoms with Crippen molar-refractivity contribution in [2.75, 3.05) is 26.2 Å². The Kier molecular flexibility index (Phi) is 14.1. The van der Waals surface area contributed by atoms with Crippen LogP contribution in [0.2, 0.25) is 0 Å². The van der Waals surface area contributed by atoms with Gasteiger partial charge in [0.05, 0.1) is 29.0 Å². The Balaban J connectivity index is 0.000000183. The molecule has 10 rings (SSSR count). The van der Waals surface area contributed by atoms with E-state index in [9.17, 15) is 23.2 Å². The molecule has 8 heterocycles. The minimum absolute atomic E-state index is 0.0587. The molecule has 14 nitrogen and oxygen atoms in total. The molecule has 0 aliphatic carbocycles. The average molecular weight is 987 g/mol. The van der Waals surface area contributed by atoms with E-state index >= 15 is 0 Å². The number of hydrogen-bond acceptors (Lipinski definition) is 11. The number of likely N-dealkylation sites (tertiary alicyclic amines) is 1. The SMILES string of the molecule is Cc1cc2nc(C(=O)C[C@@H]3CN(C(=O)OC(C)(C)C)C[C@@H]3F)cc(-c3ccnn3C)c2c(C)c1-c1ccncc1.Cc1cc2nc(C(=O)C[C@@H]3CNC[C@@H]3F)cc(-c3ccnn3C)c2c(C)c1-c1ccncc1. The number of benzene rings is 2. The van der Waals surface area contributed by atoms with Crippen LogP contribution < -0.4 is 5.32 Å². The van der Waals surface area contributed by atoms with Crippen LogP contribution in [-0.4, -0.2) is 106 Å². The molecule has 0 bridgehead atoms. The van der Waals surface area contributed by atoms with Crippen LogP contribution in [0.4, 0.5) is 13.6 Å². The van der Waals surface area contributed by atoms with Crippen molar-refractivity contribution in [3.63, 3.8) is 0 Å². The lowest BCUT2D eigenvalue weighted by atomic mass is 9.89. The van der Waals surface area contributed by atoms with Gasteiger partial charge in [-0.15, -0.1) is 0 Å². The topological polar surface area (TPSA) is 163 Å². The Morgan fingerprint density at radius 1 is 0.630 bits per heavy atom. The first-order valence-corrected chi connectivity index (χ1v) is 24.6. The van der Waals surface area contributed by atoms with Gasteiger partial charge in [-0.2, -0.15) is 10.2 Å². The number of nitrogens with zero attached hydrogens (tertiary/aromatic N) is 9. The molecule has 2 saturated heterocycles. The first kappa shape index (κ1) is 50.4. The molecule has 1 amide bonds. The highest BCUT2D eigenvalue weighted by atomic mass is 19.1. The zero-order valence-electron chi connectivity index (χ0n) is 42.7. The molecule has 0 radical (unpaired) electrons. The van der Waals surface area contributed by atoms with Gasteiger partial charge >= 0.3 is 6.09 Å². The molecule has 16 heteroatoms. The molecule has 1 N–H and O–H groups in total. The molecule has 4 atom stereocenters. The fourth-order valence-corrected chi connectivity index (χ4v) is 10.5. The second-order valence-corrected chi connectivity index (χ2v) is 20.3. The van der Waals surface area contributed by atoms with Crippen LogP contribution in [0.1, 0.15) is 76.8 Å². The van der Waals surface area contributed by atoms with Crippen LogP contribution in [0.15, 0.2) is 97.8 Å². The summed E-state index contributed by atoms with van der Waals surface area (Å²) in [5, 5.41) is 13.6. The van der Waals surface area contributed by atoms with Crippen molar-refractivity contribution in [1.29, 1.82) is 0 Å². The van der Waals surface area contributed by atoms with E-state index in [1.807, 2.05) is 75.6 Å². The maximum absolute atomic E-state index is 15.0. The Bertz CT molecular complexity index is 3390. The molecule has 2 fully saturated rings. The number of rotatable bonds is 10. The standard InChI is InChI=1S/C31H34FN5O3.C26H26FN5O/c1-18-13-25-29(19(2)28(18)20-7-10-33-11-8-20)22(26-9-12-34-36(26)6)15-24(35-25)27(38)14-21-16-37(17-23(21)32)30(39)40-31(3,4)5;1-15-10-22-26(16(2)25(15)17-4-7-28-8-5-17)19(23-6-9-30-32(23)3)12-21(31-22)24(33)11-18-13-29-14-20(18)27/h7-13,15,21,23H,14,16-17H2,1-6H3;4-10,12,18,20,29H,11,13-14H2,1-3H3/t21-,23+;18-,20+/m11/s1. The number of hydrogen-bond donors (Lipinski definition) is 1. The molecule has 0 saturated carbocycles. The molecule has 0 unspecified atom stereocenters. The lowest BCUT2D eigenvalue weighted by Gasteiger charge is -2.24. The van der Waals surface area contributed by atoms with Gasteiger partial charge in [0.2, 0.25) is 0 Å². The Morgan fingerprint density at radius 3 is 1.51 bits per heavy atom. The van der Waals surface area contributed by atoms with Crippen LogP contribution in [0.5, 0.6) is 0 Å². The van der Waals surface area contributed by atoms with Gasteiger partial charge in [0.25, 0.3) is 0 Å². The summed E-state index contributed by atoms with van der Waals surface area (Å²) in [5.74, 6) is -1.34. The summed E-state index contributed by atoms with van der Waals surface area (Å²) >= 11 is 0. The summed E-state index contributed by atoms with van der Waals surface area (Å²) in [7, 11) is 3.74. The number of amides is 1. The molecule has 2 aliphatic heterocycles. The highest BCUT2D eigenvalue weighted by molar-refractivity contribution is 6.06. The normalized spacial score (nSPS) is 17.8. The van der Waals surface area contributed by atoms with E-state index in [-0.39, 0.29) is 49.1 Å². The van der Waals surface area contributed by atoms with Crippen molar-refractivity contribution in [2.24, 2.45) is 25.9 Å². The lowest BCUT2D eigenvalue weighted by Crippen LogP contribution is -2.35. The summed E-state index contributed by atoms with van der Waals surface area (Å²) < 4.78 is 38.1. The minimum Gasteiger partial charge on any atom is -0.444 e. The fourth-order valence-electron chi connectivity index (χ4n) is 10.5. The number of halogens is 2. The van der Waals surface area contributed by atoms with Gasteiger partial charge in [-0.1, -0.05) is 0 Å². The smallest absolute Gasteiger partial charge is 0.410 e. The highest BCUT2D eigenvalue weighted by Crippen LogP contribution is 2.40. The fraction of sp³-hybridized carbons (Fsp3) is 0.351. The Labute approximate surface area is 423 Å². The zero-order valence-corrected chi connectivity index (χ0v) is 42.7. The second-order valence-electron chi connectivity index (χ2n) is 20.3. The van der Waals surface area contributed by atoms with Crippen LogP contribution >= 0.6 is 0 Å². The van der Waals surface area contributed by atoms with Gasteiger partial charge in [0.15, 0.2) is 11.6 Å². The molecule has 8 aromatic rings. The average Bonchev–Trinajstić information content (AvgIpc) is 4.17. The third-order valence-corrected chi connectivity index (χ3v) is 14.0. The lowest BCUT2D eigenvalue weighted by molar-refractivity contribution is 0.0280. The van der Waals surface area contributed by atoms with Crippen LogP contribution in [0, 0.1) is 39.5 Å². The number of ketones is 2. The van der Waals surface area contributed by atoms with Gasteiger partial charge < -0.3 is 15.0 Å². The highest BCUT2D eigenvalue weighted by Gasteiger charge is 2.39. The van der Waals surface area contributed by atoms with Crippen molar-refractivity contribution in [3.05, 3.63) is 131 Å². The van der Waals surface area contributed by atoms with Crippen molar-refractivity contribution in [1.82, 2.24) is 49.7 Å². The van der Waals surface area contributed by atoms with E-state index in [0.29, 0.717) is 24.3 Å². The first-order valence-electron chi connectivity index (χ1n) is 24.6. The maximum atomic E-state index is 15.0. The maximum Gasteiger partial charge on any atom is 0.410 e. The first-order chi connectivity index (χ1) is 34.9. The van der Waals surface area contributed by atoms with Crippen LogP contribution in [-0.2, 0) is 18.8 Å². The molecule has 6 aromatic heterocycles. The second kappa shape index (κ2) is 20.5. The Hall–Kier alpha value is -7.59. The predicted octanol–water partition coefficient (Wildman–Crippen LogP) is 10.5. The van der Waals surface area contributed by atoms with Crippen LogP contribution in [0.3, 0.4) is 0 Å². The van der Waals surface area contributed by atoms with E-state index in [1.165, 1.54) is 4.90 Å².